The number of nitrogens with zero attached hydrogens (tertiary/aromatic N) is 3. The van der Waals surface area contributed by atoms with E-state index in [1.807, 2.05) is 0 Å². The zero-order valence-corrected chi connectivity index (χ0v) is 10.5. The van der Waals surface area contributed by atoms with E-state index in [9.17, 15) is 27.3 Å². The van der Waals surface area contributed by atoms with Gasteiger partial charge in [-0.25, -0.2) is 13.1 Å². The van der Waals surface area contributed by atoms with E-state index in [0.717, 1.165) is 29.2 Å². The van der Waals surface area contributed by atoms with Gasteiger partial charge >= 0.3 is 11.4 Å². The van der Waals surface area contributed by atoms with Gasteiger partial charge in [-0.3, -0.25) is 10.1 Å². The predicted octanol–water partition coefficient (Wildman–Crippen LogP) is 1.78. The van der Waals surface area contributed by atoms with Crippen LogP contribution in [0.2, 0.25) is 0 Å². The first-order valence-electron chi connectivity index (χ1n) is 5.14. The molecular weight excluding hydrogens is 296 g/mol. The molecule has 1 aromatic carbocycles. The average Bonchev–Trinajstić information content (AvgIpc) is 2.88. The Hall–Kier alpha value is -2.36. The van der Waals surface area contributed by atoms with Crippen LogP contribution in [0.4, 0.5) is 14.5 Å². The van der Waals surface area contributed by atoms with Gasteiger partial charge in [-0.05, 0) is 24.3 Å². The van der Waals surface area contributed by atoms with Crippen LogP contribution >= 0.6 is 0 Å². The molecule has 2 rings (SSSR count). The van der Waals surface area contributed by atoms with Crippen LogP contribution < -0.4 is 0 Å². The predicted molar refractivity (Wildman–Crippen MR) is 63.4 cm³/mol. The zero-order valence-electron chi connectivity index (χ0n) is 9.68. The van der Waals surface area contributed by atoms with E-state index in [0.29, 0.717) is 5.69 Å². The van der Waals surface area contributed by atoms with Crippen molar-refractivity contribution in [1.82, 2.24) is 9.78 Å². The highest BCUT2D eigenvalue weighted by Gasteiger charge is 2.26. The Bertz CT molecular complexity index is 740. The van der Waals surface area contributed by atoms with Crippen molar-refractivity contribution in [3.63, 3.8) is 0 Å². The molecule has 0 fully saturated rings. The van der Waals surface area contributed by atoms with Crippen molar-refractivity contribution in [2.45, 2.75) is 10.7 Å². The fourth-order valence-corrected chi connectivity index (χ4v) is 2.16. The largest absolute Gasteiger partial charge is 0.341 e. The molecule has 0 unspecified atom stereocenters. The standard InChI is InChI=1S/C10H7F2N3O4S/c11-10(12)20(18,19)9-3-1-7(2-4-9)14-6-8(5-13-14)15(16)17/h1-6,10H. The summed E-state index contributed by atoms with van der Waals surface area (Å²) in [6.45, 7) is 0. The summed E-state index contributed by atoms with van der Waals surface area (Å²) in [5, 5.41) is 14.2. The van der Waals surface area contributed by atoms with Gasteiger partial charge in [0.15, 0.2) is 0 Å². The van der Waals surface area contributed by atoms with Crippen LogP contribution in [0.3, 0.4) is 0 Å². The number of hydrogen-bond acceptors (Lipinski definition) is 5. The van der Waals surface area contributed by atoms with Crippen LogP contribution in [0, 0.1) is 10.1 Å². The maximum absolute atomic E-state index is 12.3. The van der Waals surface area contributed by atoms with E-state index >= 15 is 0 Å². The third kappa shape index (κ3) is 2.50. The van der Waals surface area contributed by atoms with Crippen LogP contribution in [-0.4, -0.2) is 28.9 Å². The molecule has 0 amide bonds. The number of halogens is 2. The summed E-state index contributed by atoms with van der Waals surface area (Å²) in [7, 11) is -4.66. The third-order valence-corrected chi connectivity index (χ3v) is 3.84. The number of sulfone groups is 1. The lowest BCUT2D eigenvalue weighted by Crippen LogP contribution is -2.11. The minimum absolute atomic E-state index is 0.241. The summed E-state index contributed by atoms with van der Waals surface area (Å²) in [4.78, 5) is 9.33. The number of alkyl halides is 2. The number of rotatable bonds is 4. The highest BCUT2D eigenvalue weighted by molar-refractivity contribution is 7.91. The summed E-state index contributed by atoms with van der Waals surface area (Å²) in [6.07, 6.45) is 2.14. The first-order valence-corrected chi connectivity index (χ1v) is 6.68. The fourth-order valence-electron chi connectivity index (χ4n) is 1.44. The lowest BCUT2D eigenvalue weighted by molar-refractivity contribution is -0.384. The van der Waals surface area contributed by atoms with Crippen LogP contribution in [0.5, 0.6) is 0 Å². The SMILES string of the molecule is O=[N+]([O-])c1cnn(-c2ccc(S(=O)(=O)C(F)F)cc2)c1. The van der Waals surface area contributed by atoms with Crippen molar-refractivity contribution >= 4 is 15.5 Å². The van der Waals surface area contributed by atoms with Crippen molar-refractivity contribution in [3.05, 3.63) is 46.8 Å². The van der Waals surface area contributed by atoms with Gasteiger partial charge in [-0.15, -0.1) is 0 Å². The molecule has 0 N–H and O–H groups in total. The second kappa shape index (κ2) is 4.96. The van der Waals surface area contributed by atoms with Gasteiger partial charge in [0, 0.05) is 0 Å². The molecule has 2 aromatic rings. The fraction of sp³-hybridized carbons (Fsp3) is 0.100. The minimum Gasteiger partial charge on any atom is -0.258 e. The van der Waals surface area contributed by atoms with Crippen molar-refractivity contribution in [2.24, 2.45) is 0 Å². The van der Waals surface area contributed by atoms with Gasteiger partial charge in [0.25, 0.3) is 0 Å². The second-order valence-electron chi connectivity index (χ2n) is 3.70. The molecule has 106 valence electrons. The van der Waals surface area contributed by atoms with E-state index in [1.165, 1.54) is 12.1 Å². The molecular formula is C10H7F2N3O4S. The topological polar surface area (TPSA) is 95.1 Å². The Morgan fingerprint density at radius 3 is 2.30 bits per heavy atom. The molecule has 0 atom stereocenters. The first kappa shape index (κ1) is 14.1. The lowest BCUT2D eigenvalue weighted by Gasteiger charge is -2.04. The Kier molecular flexibility index (Phi) is 3.49. The molecule has 1 aromatic heterocycles. The maximum atomic E-state index is 12.3. The second-order valence-corrected chi connectivity index (χ2v) is 5.62. The highest BCUT2D eigenvalue weighted by atomic mass is 32.2. The van der Waals surface area contributed by atoms with Crippen molar-refractivity contribution in [1.29, 1.82) is 0 Å². The van der Waals surface area contributed by atoms with Gasteiger partial charge in [-0.2, -0.15) is 13.9 Å². The Morgan fingerprint density at radius 1 is 1.25 bits per heavy atom. The van der Waals surface area contributed by atoms with Crippen LogP contribution in [0.1, 0.15) is 0 Å². The molecule has 0 spiro atoms. The van der Waals surface area contributed by atoms with Crippen LogP contribution in [0.15, 0.2) is 41.6 Å². The third-order valence-electron chi connectivity index (χ3n) is 2.44. The Morgan fingerprint density at radius 2 is 1.85 bits per heavy atom. The molecule has 0 aliphatic carbocycles. The number of nitro groups is 1. The summed E-state index contributed by atoms with van der Waals surface area (Å²) < 4.78 is 48.2. The highest BCUT2D eigenvalue weighted by Crippen LogP contribution is 2.20. The van der Waals surface area contributed by atoms with Gasteiger partial charge in [0.1, 0.15) is 12.4 Å². The Labute approximate surface area is 111 Å². The van der Waals surface area contributed by atoms with Crippen molar-refractivity contribution in [3.8, 4) is 5.69 Å². The van der Waals surface area contributed by atoms with Crippen molar-refractivity contribution < 1.29 is 22.1 Å². The first-order chi connectivity index (χ1) is 9.32. The monoisotopic (exact) mass is 303 g/mol. The van der Waals surface area contributed by atoms with Gasteiger partial charge in [-0.1, -0.05) is 0 Å². The molecule has 1 heterocycles. The number of hydrogen-bond donors (Lipinski definition) is 0. The normalized spacial score (nSPS) is 11.8. The van der Waals surface area contributed by atoms with Gasteiger partial charge in [0.2, 0.25) is 9.84 Å². The Balaban J connectivity index is 2.35. The van der Waals surface area contributed by atoms with E-state index in [4.69, 9.17) is 0 Å². The molecule has 0 saturated carbocycles. The smallest absolute Gasteiger partial charge is 0.258 e. The number of benzene rings is 1. The average molecular weight is 303 g/mol. The molecule has 0 aliphatic rings. The van der Waals surface area contributed by atoms with Crippen LogP contribution in [0.25, 0.3) is 5.69 Å². The summed E-state index contributed by atoms with van der Waals surface area (Å²) in [6, 6.07) is 4.44. The maximum Gasteiger partial charge on any atom is 0.341 e. The molecule has 7 nitrogen and oxygen atoms in total. The van der Waals surface area contributed by atoms with Crippen molar-refractivity contribution in [2.75, 3.05) is 0 Å². The van der Waals surface area contributed by atoms with Gasteiger partial charge in [0.05, 0.1) is 15.5 Å². The molecule has 0 aliphatic heterocycles. The molecule has 0 bridgehead atoms. The van der Waals surface area contributed by atoms with E-state index < -0.39 is 25.4 Å². The minimum atomic E-state index is -4.66. The van der Waals surface area contributed by atoms with Crippen LogP contribution in [-0.2, 0) is 9.84 Å². The summed E-state index contributed by atoms with van der Waals surface area (Å²) in [5.74, 6) is -3.50. The van der Waals surface area contributed by atoms with Gasteiger partial charge < -0.3 is 0 Å². The molecule has 10 heteroatoms. The summed E-state index contributed by atoms with van der Waals surface area (Å²) in [5.41, 5.74) is 0.0700. The summed E-state index contributed by atoms with van der Waals surface area (Å²) >= 11 is 0. The zero-order chi connectivity index (χ0) is 14.9. The van der Waals surface area contributed by atoms with E-state index in [2.05, 4.69) is 5.10 Å². The number of aromatic nitrogens is 2. The molecule has 0 saturated heterocycles. The quantitative estimate of drug-likeness (QED) is 0.633. The molecule has 20 heavy (non-hydrogen) atoms. The van der Waals surface area contributed by atoms with E-state index in [1.54, 1.807) is 0 Å². The van der Waals surface area contributed by atoms with E-state index in [-0.39, 0.29) is 5.69 Å². The molecule has 0 radical (unpaired) electrons. The lowest BCUT2D eigenvalue weighted by atomic mass is 10.3.